The fourth-order valence-corrected chi connectivity index (χ4v) is 4.11. The summed E-state index contributed by atoms with van der Waals surface area (Å²) < 4.78 is 6.04. The molecule has 2 aromatic carbocycles. The zero-order valence-corrected chi connectivity index (χ0v) is 19.4. The minimum atomic E-state index is -0.507. The van der Waals surface area contributed by atoms with Crippen LogP contribution >= 0.6 is 23.5 Å². The lowest BCUT2D eigenvalue weighted by Gasteiger charge is -2.06. The number of nitrogens with two attached hydrogens (primary N) is 1. The summed E-state index contributed by atoms with van der Waals surface area (Å²) in [6.45, 7) is 2.02. The van der Waals surface area contributed by atoms with Crippen LogP contribution in [0, 0.1) is 6.92 Å². The fraction of sp³-hybridized carbons (Fsp3) is 0.143. The van der Waals surface area contributed by atoms with Gasteiger partial charge in [0.1, 0.15) is 0 Å². The maximum absolute atomic E-state index is 12.8. The number of carbonyl (C=O) groups excluding carboxylic acids is 1. The van der Waals surface area contributed by atoms with Crippen molar-refractivity contribution >= 4 is 41.5 Å². The Labute approximate surface area is 198 Å². The van der Waals surface area contributed by atoms with Gasteiger partial charge in [-0.25, -0.2) is 10.1 Å². The molecule has 0 saturated carbocycles. The number of rotatable bonds is 8. The van der Waals surface area contributed by atoms with E-state index in [0.717, 1.165) is 20.9 Å². The number of benzene rings is 2. The van der Waals surface area contributed by atoms with E-state index in [0.29, 0.717) is 11.4 Å². The molecule has 10 nitrogen and oxygen atoms in total. The van der Waals surface area contributed by atoms with Gasteiger partial charge in [0.2, 0.25) is 11.6 Å². The number of nitrogen functional groups attached to an aromatic ring is 1. The van der Waals surface area contributed by atoms with Crippen LogP contribution < -0.4 is 11.2 Å². The van der Waals surface area contributed by atoms with Crippen molar-refractivity contribution in [2.75, 3.05) is 12.0 Å². The monoisotopic (exact) mass is 480 g/mol. The van der Waals surface area contributed by atoms with Crippen molar-refractivity contribution in [1.82, 2.24) is 30.7 Å². The molecular formula is C21H20N8O2S2. The fourth-order valence-electron chi connectivity index (χ4n) is 2.81. The van der Waals surface area contributed by atoms with Crippen LogP contribution in [0.4, 0.5) is 5.82 Å². The van der Waals surface area contributed by atoms with Crippen LogP contribution in [0.3, 0.4) is 0 Å². The molecule has 4 rings (SSSR count). The molecule has 0 unspecified atom stereocenters. The molecule has 4 aromatic rings. The molecule has 0 aliphatic rings. The number of carbonyl (C=O) groups is 1. The van der Waals surface area contributed by atoms with Gasteiger partial charge in [0.25, 0.3) is 5.91 Å². The Morgan fingerprint density at radius 2 is 1.88 bits per heavy atom. The SMILES string of the molecule is CSc1ccc(/C=N\NC(=O)c2nnn(-c3nonc3N)c2CSc2ccc(C)cc2)cc1. The number of nitrogens with one attached hydrogen (secondary N) is 1. The number of nitrogens with zero attached hydrogens (tertiary/aromatic N) is 6. The summed E-state index contributed by atoms with van der Waals surface area (Å²) in [5.41, 5.74) is 10.9. The lowest BCUT2D eigenvalue weighted by Crippen LogP contribution is -2.20. The van der Waals surface area contributed by atoms with Crippen LogP contribution in [-0.4, -0.2) is 43.7 Å². The quantitative estimate of drug-likeness (QED) is 0.221. The van der Waals surface area contributed by atoms with E-state index in [1.54, 1.807) is 18.0 Å². The highest BCUT2D eigenvalue weighted by Crippen LogP contribution is 2.26. The molecule has 2 aromatic heterocycles. The predicted molar refractivity (Wildman–Crippen MR) is 128 cm³/mol. The van der Waals surface area contributed by atoms with Crippen molar-refractivity contribution in [2.24, 2.45) is 5.10 Å². The third kappa shape index (κ3) is 5.41. The molecule has 0 aliphatic heterocycles. The van der Waals surface area contributed by atoms with Crippen molar-refractivity contribution in [2.45, 2.75) is 22.5 Å². The molecule has 0 saturated heterocycles. The average molecular weight is 481 g/mol. The van der Waals surface area contributed by atoms with Crippen LogP contribution in [0.2, 0.25) is 0 Å². The number of amides is 1. The summed E-state index contributed by atoms with van der Waals surface area (Å²) in [7, 11) is 0. The molecule has 0 spiro atoms. The van der Waals surface area contributed by atoms with E-state index in [1.165, 1.54) is 16.4 Å². The van der Waals surface area contributed by atoms with Crippen LogP contribution in [-0.2, 0) is 5.75 Å². The van der Waals surface area contributed by atoms with Gasteiger partial charge in [0.15, 0.2) is 5.69 Å². The molecule has 0 fully saturated rings. The number of aryl methyl sites for hydroxylation is 1. The van der Waals surface area contributed by atoms with E-state index in [-0.39, 0.29) is 17.3 Å². The molecule has 3 N–H and O–H groups in total. The van der Waals surface area contributed by atoms with Gasteiger partial charge in [-0.15, -0.1) is 28.6 Å². The maximum atomic E-state index is 12.8. The first-order valence-corrected chi connectivity index (χ1v) is 12.0. The van der Waals surface area contributed by atoms with E-state index in [9.17, 15) is 4.79 Å². The summed E-state index contributed by atoms with van der Waals surface area (Å²) in [4.78, 5) is 15.0. The van der Waals surface area contributed by atoms with Gasteiger partial charge in [-0.05, 0) is 53.3 Å². The predicted octanol–water partition coefficient (Wildman–Crippen LogP) is 3.32. The number of anilines is 1. The first-order chi connectivity index (χ1) is 16.0. The Balaban J connectivity index is 1.55. The highest BCUT2D eigenvalue weighted by atomic mass is 32.2. The number of hydrogen-bond acceptors (Lipinski definition) is 10. The van der Waals surface area contributed by atoms with Crippen LogP contribution in [0.1, 0.15) is 27.3 Å². The minimum absolute atomic E-state index is 0.0418. The molecule has 33 heavy (non-hydrogen) atoms. The standard InChI is InChI=1S/C21H20N8O2S2/c1-13-3-7-16(8-4-13)33-12-17-18(24-28-29(17)20-19(22)26-31-27-20)21(30)25-23-11-14-5-9-15(32-2)10-6-14/h3-11H,12H2,1-2H3,(H2,22,26)(H,25,30)/b23-11-. The third-order valence-corrected chi connectivity index (χ3v) is 6.33. The van der Waals surface area contributed by atoms with Crippen molar-refractivity contribution in [3.05, 3.63) is 71.0 Å². The topological polar surface area (TPSA) is 137 Å². The number of hydrogen-bond donors (Lipinski definition) is 2. The first-order valence-electron chi connectivity index (χ1n) is 9.75. The van der Waals surface area contributed by atoms with Gasteiger partial charge in [-0.3, -0.25) is 4.79 Å². The van der Waals surface area contributed by atoms with E-state index < -0.39 is 5.91 Å². The van der Waals surface area contributed by atoms with E-state index in [1.807, 2.05) is 61.7 Å². The van der Waals surface area contributed by atoms with Gasteiger partial charge in [0.05, 0.1) is 11.9 Å². The molecule has 0 radical (unpaired) electrons. The maximum Gasteiger partial charge on any atom is 0.293 e. The third-order valence-electron chi connectivity index (χ3n) is 4.57. The molecular weight excluding hydrogens is 460 g/mol. The van der Waals surface area contributed by atoms with Crippen molar-refractivity contribution in [3.63, 3.8) is 0 Å². The van der Waals surface area contributed by atoms with Crippen LogP contribution in [0.5, 0.6) is 0 Å². The highest BCUT2D eigenvalue weighted by molar-refractivity contribution is 7.98. The van der Waals surface area contributed by atoms with E-state index in [4.69, 9.17) is 5.73 Å². The Hall–Kier alpha value is -3.64. The Kier molecular flexibility index (Phi) is 7.05. The lowest BCUT2D eigenvalue weighted by molar-refractivity contribution is 0.0949. The Morgan fingerprint density at radius 3 is 2.55 bits per heavy atom. The molecule has 168 valence electrons. The van der Waals surface area contributed by atoms with E-state index in [2.05, 4.69) is 35.8 Å². The second kappa shape index (κ2) is 10.3. The average Bonchev–Trinajstić information content (AvgIpc) is 3.44. The molecule has 12 heteroatoms. The number of aromatic nitrogens is 5. The largest absolute Gasteiger partial charge is 0.378 e. The molecule has 2 heterocycles. The summed E-state index contributed by atoms with van der Waals surface area (Å²) in [6.07, 6.45) is 3.57. The zero-order valence-electron chi connectivity index (χ0n) is 17.8. The second-order valence-electron chi connectivity index (χ2n) is 6.84. The summed E-state index contributed by atoms with van der Waals surface area (Å²) >= 11 is 3.17. The van der Waals surface area contributed by atoms with Gasteiger partial charge in [-0.2, -0.15) is 9.78 Å². The summed E-state index contributed by atoms with van der Waals surface area (Å²) in [5.74, 6) is 0.0803. The van der Waals surface area contributed by atoms with Crippen molar-refractivity contribution < 1.29 is 9.42 Å². The zero-order chi connectivity index (χ0) is 23.2. The summed E-state index contributed by atoms with van der Waals surface area (Å²) in [6, 6.07) is 15.9. The first kappa shape index (κ1) is 22.6. The van der Waals surface area contributed by atoms with Crippen LogP contribution in [0.25, 0.3) is 5.82 Å². The molecule has 0 atom stereocenters. The highest BCUT2D eigenvalue weighted by Gasteiger charge is 2.24. The van der Waals surface area contributed by atoms with Gasteiger partial charge < -0.3 is 5.73 Å². The molecule has 0 bridgehead atoms. The van der Waals surface area contributed by atoms with Crippen molar-refractivity contribution in [3.8, 4) is 5.82 Å². The lowest BCUT2D eigenvalue weighted by atomic mass is 10.2. The van der Waals surface area contributed by atoms with Gasteiger partial charge >= 0.3 is 0 Å². The number of hydrazone groups is 1. The van der Waals surface area contributed by atoms with Crippen LogP contribution in [0.15, 0.2) is 68.1 Å². The van der Waals surface area contributed by atoms with E-state index >= 15 is 0 Å². The smallest absolute Gasteiger partial charge is 0.293 e. The Morgan fingerprint density at radius 1 is 1.15 bits per heavy atom. The molecule has 1 amide bonds. The van der Waals surface area contributed by atoms with Gasteiger partial charge in [0, 0.05) is 15.5 Å². The van der Waals surface area contributed by atoms with Gasteiger partial charge in [-0.1, -0.05) is 35.0 Å². The normalized spacial score (nSPS) is 11.2. The number of thioether (sulfide) groups is 2. The Bertz CT molecular complexity index is 1270. The molecule has 0 aliphatic carbocycles. The second-order valence-corrected chi connectivity index (χ2v) is 8.77. The minimum Gasteiger partial charge on any atom is -0.378 e. The van der Waals surface area contributed by atoms with Crippen molar-refractivity contribution in [1.29, 1.82) is 0 Å². The summed E-state index contributed by atoms with van der Waals surface area (Å²) in [5, 5.41) is 19.5.